The smallest absolute Gasteiger partial charge is 0.181 e. The third-order valence-corrected chi connectivity index (χ3v) is 1.47. The zero-order valence-electron chi connectivity index (χ0n) is 7.53. The minimum absolute atomic E-state index is 0.727. The van der Waals surface area contributed by atoms with Crippen LogP contribution in [0.15, 0.2) is 34.3 Å². The molecule has 0 aromatic carbocycles. The highest BCUT2D eigenvalue weighted by molar-refractivity contribution is 6.48. The molecule has 12 heavy (non-hydrogen) atoms. The molecule has 0 N–H and O–H groups in total. The lowest BCUT2D eigenvalue weighted by atomic mass is 10.2. The average Bonchev–Trinajstić information content (AvgIpc) is 2.43. The van der Waals surface area contributed by atoms with E-state index in [2.05, 4.69) is 10.1 Å². The number of oxime groups is 1. The lowest BCUT2D eigenvalue weighted by Crippen LogP contribution is -2.05. The minimum Gasteiger partial charge on any atom is -0.355 e. The van der Waals surface area contributed by atoms with Crippen LogP contribution in [-0.4, -0.2) is 11.4 Å². The average molecular weight is 164 g/mol. The van der Waals surface area contributed by atoms with Crippen LogP contribution < -0.4 is 0 Å². The highest BCUT2D eigenvalue weighted by Crippen LogP contribution is 2.11. The molecule has 0 amide bonds. The molecule has 3 nitrogen and oxygen atoms in total. The molecular formula is C9H12N2O. The first-order chi connectivity index (χ1) is 5.79. The zero-order chi connectivity index (χ0) is 8.97. The fourth-order valence-corrected chi connectivity index (χ4v) is 0.878. The van der Waals surface area contributed by atoms with Gasteiger partial charge in [-0.1, -0.05) is 11.2 Å². The lowest BCUT2D eigenvalue weighted by molar-refractivity contribution is 0.258. The van der Waals surface area contributed by atoms with E-state index < -0.39 is 0 Å². The Labute approximate surface area is 72.1 Å². The van der Waals surface area contributed by atoms with Crippen molar-refractivity contribution in [3.8, 4) is 0 Å². The Bertz CT molecular complexity index is 285. The highest BCUT2D eigenvalue weighted by Gasteiger charge is 2.18. The second kappa shape index (κ2) is 3.85. The van der Waals surface area contributed by atoms with Gasteiger partial charge in [0, 0.05) is 6.20 Å². The predicted molar refractivity (Wildman–Crippen MR) is 50.2 cm³/mol. The molecule has 0 fully saturated rings. The topological polar surface area (TPSA) is 34.0 Å². The number of allylic oxidation sites excluding steroid dienone is 3. The van der Waals surface area contributed by atoms with Crippen LogP contribution in [0.2, 0.25) is 0 Å². The van der Waals surface area contributed by atoms with Crippen molar-refractivity contribution in [2.75, 3.05) is 0 Å². The molecule has 1 aliphatic heterocycles. The summed E-state index contributed by atoms with van der Waals surface area (Å²) < 4.78 is 0. The van der Waals surface area contributed by atoms with Crippen LogP contribution in [0.1, 0.15) is 20.8 Å². The first kappa shape index (κ1) is 8.71. The summed E-state index contributed by atoms with van der Waals surface area (Å²) in [5.41, 5.74) is 1.64. The summed E-state index contributed by atoms with van der Waals surface area (Å²) in [6.45, 7) is 5.69. The van der Waals surface area contributed by atoms with Gasteiger partial charge in [0.05, 0.1) is 0 Å². The molecule has 1 aliphatic rings. The first-order valence-electron chi connectivity index (χ1n) is 3.87. The number of nitrogens with zero attached hydrogens (tertiary/aromatic N) is 2. The van der Waals surface area contributed by atoms with E-state index in [1.165, 1.54) is 0 Å². The highest BCUT2D eigenvalue weighted by atomic mass is 16.6. The normalized spacial score (nSPS) is 23.8. The van der Waals surface area contributed by atoms with Gasteiger partial charge in [-0.05, 0) is 26.8 Å². The molecule has 0 bridgehead atoms. The van der Waals surface area contributed by atoms with Crippen LogP contribution in [0.25, 0.3) is 0 Å². The summed E-state index contributed by atoms with van der Waals surface area (Å²) in [4.78, 5) is 9.20. The predicted octanol–water partition coefficient (Wildman–Crippen LogP) is 2.27. The van der Waals surface area contributed by atoms with Gasteiger partial charge in [0.25, 0.3) is 0 Å². The second-order valence-electron chi connectivity index (χ2n) is 2.38. The Kier molecular flexibility index (Phi) is 2.80. The molecule has 0 aliphatic carbocycles. The molecule has 3 heteroatoms. The van der Waals surface area contributed by atoms with Crippen molar-refractivity contribution < 1.29 is 4.84 Å². The molecule has 0 aromatic heterocycles. The largest absolute Gasteiger partial charge is 0.355 e. The van der Waals surface area contributed by atoms with Crippen molar-refractivity contribution in [3.63, 3.8) is 0 Å². The number of rotatable bonds is 1. The van der Waals surface area contributed by atoms with Gasteiger partial charge in [-0.15, -0.1) is 0 Å². The van der Waals surface area contributed by atoms with Crippen LogP contribution in [0.4, 0.5) is 0 Å². The van der Waals surface area contributed by atoms with Gasteiger partial charge in [-0.3, -0.25) is 4.99 Å². The van der Waals surface area contributed by atoms with Crippen molar-refractivity contribution in [1.82, 2.24) is 0 Å². The summed E-state index contributed by atoms with van der Waals surface area (Å²) in [7, 11) is 0. The monoisotopic (exact) mass is 164 g/mol. The maximum Gasteiger partial charge on any atom is 0.181 e. The molecule has 0 radical (unpaired) electrons. The van der Waals surface area contributed by atoms with E-state index in [-0.39, 0.29) is 0 Å². The lowest BCUT2D eigenvalue weighted by Gasteiger charge is -1.93. The Hall–Kier alpha value is -1.38. The van der Waals surface area contributed by atoms with Crippen molar-refractivity contribution in [1.29, 1.82) is 0 Å². The van der Waals surface area contributed by atoms with E-state index in [1.54, 1.807) is 6.20 Å². The first-order valence-corrected chi connectivity index (χ1v) is 3.87. The second-order valence-corrected chi connectivity index (χ2v) is 2.38. The van der Waals surface area contributed by atoms with E-state index in [1.807, 2.05) is 32.9 Å². The van der Waals surface area contributed by atoms with Crippen molar-refractivity contribution in [2.45, 2.75) is 20.8 Å². The summed E-state index contributed by atoms with van der Waals surface area (Å²) in [5, 5.41) is 3.81. The van der Waals surface area contributed by atoms with Gasteiger partial charge in [0.15, 0.2) is 5.76 Å². The molecule has 0 unspecified atom stereocenters. The molecule has 0 saturated carbocycles. The van der Waals surface area contributed by atoms with Crippen LogP contribution in [0.3, 0.4) is 0 Å². The van der Waals surface area contributed by atoms with Gasteiger partial charge in [0.1, 0.15) is 11.4 Å². The Morgan fingerprint density at radius 3 is 2.75 bits per heavy atom. The van der Waals surface area contributed by atoms with Crippen molar-refractivity contribution in [3.05, 3.63) is 24.1 Å². The summed E-state index contributed by atoms with van der Waals surface area (Å²) in [6.07, 6.45) is 5.45. The minimum atomic E-state index is 0.727. The quantitative estimate of drug-likeness (QED) is 0.585. The van der Waals surface area contributed by atoms with Gasteiger partial charge >= 0.3 is 0 Å². The van der Waals surface area contributed by atoms with Gasteiger partial charge < -0.3 is 4.84 Å². The third-order valence-electron chi connectivity index (χ3n) is 1.47. The van der Waals surface area contributed by atoms with E-state index in [0.717, 1.165) is 17.2 Å². The van der Waals surface area contributed by atoms with E-state index in [0.29, 0.717) is 0 Å². The summed E-state index contributed by atoms with van der Waals surface area (Å²) in [5.74, 6) is 0.727. The number of hydrogen-bond donors (Lipinski definition) is 0. The van der Waals surface area contributed by atoms with E-state index in [9.17, 15) is 0 Å². The number of aliphatic imine (C=N–C) groups is 1. The fraction of sp³-hybridized carbons (Fsp3) is 0.333. The van der Waals surface area contributed by atoms with Crippen LogP contribution in [0.5, 0.6) is 0 Å². The van der Waals surface area contributed by atoms with Gasteiger partial charge in [-0.25, -0.2) is 0 Å². The molecule has 0 saturated heterocycles. The third kappa shape index (κ3) is 1.61. The van der Waals surface area contributed by atoms with E-state index in [4.69, 9.17) is 4.84 Å². The Morgan fingerprint density at radius 2 is 2.17 bits per heavy atom. The SMILES string of the molecule is C\C=C/N=C1\C(C)=NO\C1=C\C. The molecule has 1 heterocycles. The van der Waals surface area contributed by atoms with Gasteiger partial charge in [-0.2, -0.15) is 0 Å². The Balaban J connectivity index is 2.92. The maximum atomic E-state index is 5.01. The molecule has 1 rings (SSSR count). The molecule has 0 aromatic rings. The van der Waals surface area contributed by atoms with Crippen LogP contribution >= 0.6 is 0 Å². The Morgan fingerprint density at radius 1 is 1.42 bits per heavy atom. The van der Waals surface area contributed by atoms with Crippen molar-refractivity contribution >= 4 is 11.4 Å². The molecule has 0 atom stereocenters. The summed E-state index contributed by atoms with van der Waals surface area (Å²) >= 11 is 0. The zero-order valence-corrected chi connectivity index (χ0v) is 7.53. The standard InChI is InChI=1S/C9H12N2O/c1-4-6-10-9-7(3)11-12-8(9)5-2/h4-6H,1-3H3/b6-4-,8-5+,10-9+. The molecule has 0 spiro atoms. The van der Waals surface area contributed by atoms with Crippen LogP contribution in [0, 0.1) is 0 Å². The maximum absolute atomic E-state index is 5.01. The number of hydrogen-bond acceptors (Lipinski definition) is 3. The van der Waals surface area contributed by atoms with E-state index >= 15 is 0 Å². The molecular weight excluding hydrogens is 152 g/mol. The fourth-order valence-electron chi connectivity index (χ4n) is 0.878. The van der Waals surface area contributed by atoms with Crippen LogP contribution in [-0.2, 0) is 4.84 Å². The van der Waals surface area contributed by atoms with Gasteiger partial charge in [0.2, 0.25) is 0 Å². The van der Waals surface area contributed by atoms with Crippen molar-refractivity contribution in [2.24, 2.45) is 10.1 Å². The summed E-state index contributed by atoms with van der Waals surface area (Å²) in [6, 6.07) is 0. The molecule has 64 valence electrons.